The van der Waals surface area contributed by atoms with Gasteiger partial charge in [-0.3, -0.25) is 0 Å². The first kappa shape index (κ1) is 23.5. The van der Waals surface area contributed by atoms with Crippen molar-refractivity contribution in [1.82, 2.24) is 0 Å². The summed E-state index contributed by atoms with van der Waals surface area (Å²) in [6.07, 6.45) is 0.220. The molecule has 0 aliphatic carbocycles. The fraction of sp³-hybridized carbons (Fsp3) is 0.667. The predicted molar refractivity (Wildman–Crippen MR) is 89.2 cm³/mol. The Labute approximate surface area is 153 Å². The molecule has 0 rings (SSSR count). The third-order valence-corrected chi connectivity index (χ3v) is 6.28. The van der Waals surface area contributed by atoms with Gasteiger partial charge in [-0.2, -0.15) is 0 Å². The molecule has 0 aliphatic heterocycles. The maximum atomic E-state index is 12.0. The number of Topliss-reactive ketones (excluding diaryl/α,β-unsaturated/α-hetero) is 6. The van der Waals surface area contributed by atoms with Crippen LogP contribution in [-0.2, 0) is 42.7 Å². The minimum atomic E-state index is -1.50. The fourth-order valence-corrected chi connectivity index (χ4v) is 4.57. The summed E-state index contributed by atoms with van der Waals surface area (Å²) < 4.78 is 0. The molecule has 0 saturated heterocycles. The normalized spacial score (nSPS) is 10.9. The van der Waals surface area contributed by atoms with Crippen LogP contribution in [0, 0.1) is 0 Å². The van der Waals surface area contributed by atoms with Crippen molar-refractivity contribution in [2.24, 2.45) is 0 Å². The van der Waals surface area contributed by atoms with Gasteiger partial charge in [0.1, 0.15) is 0 Å². The first-order valence-corrected chi connectivity index (χ1v) is 10.7. The van der Waals surface area contributed by atoms with Gasteiger partial charge in [0.05, 0.1) is 0 Å². The molecule has 0 heterocycles. The van der Waals surface area contributed by atoms with Gasteiger partial charge in [0.15, 0.2) is 0 Å². The van der Waals surface area contributed by atoms with E-state index in [1.165, 1.54) is 0 Å². The number of hydrogen-bond donors (Lipinski definition) is 0. The van der Waals surface area contributed by atoms with Gasteiger partial charge in [-0.25, -0.2) is 0 Å². The number of ketones is 6. The second-order valence-electron chi connectivity index (χ2n) is 5.73. The van der Waals surface area contributed by atoms with Gasteiger partial charge in [-0.15, -0.1) is 0 Å². The van der Waals surface area contributed by atoms with E-state index in [4.69, 9.17) is 0 Å². The van der Waals surface area contributed by atoms with Gasteiger partial charge in [0, 0.05) is 0 Å². The van der Waals surface area contributed by atoms with E-state index in [1.807, 2.05) is 0 Å². The van der Waals surface area contributed by atoms with Crippen LogP contribution in [0.25, 0.3) is 0 Å². The van der Waals surface area contributed by atoms with E-state index in [0.29, 0.717) is 0 Å². The first-order valence-electron chi connectivity index (χ1n) is 8.34. The Morgan fingerprint density at radius 1 is 0.480 bits per heavy atom. The van der Waals surface area contributed by atoms with Crippen molar-refractivity contribution in [2.75, 3.05) is 0 Å². The summed E-state index contributed by atoms with van der Waals surface area (Å²) >= 11 is -1.50. The van der Waals surface area contributed by atoms with Crippen LogP contribution >= 0.6 is 0 Å². The van der Waals surface area contributed by atoms with Crippen molar-refractivity contribution < 1.29 is 42.7 Å². The third-order valence-electron chi connectivity index (χ3n) is 3.31. The van der Waals surface area contributed by atoms with E-state index in [2.05, 4.69) is 0 Å². The van der Waals surface area contributed by atoms with E-state index < -0.39 is 13.9 Å². The van der Waals surface area contributed by atoms with E-state index in [1.54, 1.807) is 20.8 Å². The fourth-order valence-electron chi connectivity index (χ4n) is 1.89. The summed E-state index contributed by atoms with van der Waals surface area (Å²) in [4.78, 5) is 70.1. The first-order chi connectivity index (χ1) is 11.7. The molecule has 143 valence electrons. The molecule has 6 nitrogen and oxygen atoms in total. The molecule has 0 fully saturated rings. The molecule has 25 heavy (non-hydrogen) atoms. The Bertz CT molecular complexity index is 462. The molecular formula is C18H27FeO6. The number of carbonyl (C=O) groups is 6. The van der Waals surface area contributed by atoms with Crippen molar-refractivity contribution >= 4 is 34.7 Å². The van der Waals surface area contributed by atoms with Gasteiger partial charge in [-0.1, -0.05) is 0 Å². The Hall–Kier alpha value is -1.46. The Morgan fingerprint density at radius 3 is 0.920 bits per heavy atom. The SMILES string of the molecule is CCC(=O)CC(=O)[CH2][Fe]([CH2]C(=O)CC(=O)CC)[CH2]C(=O)CC(=O)CC. The topological polar surface area (TPSA) is 102 Å². The van der Waals surface area contributed by atoms with Crippen molar-refractivity contribution in [2.45, 2.75) is 75.3 Å². The zero-order chi connectivity index (χ0) is 19.4. The molecule has 0 saturated carbocycles. The molecule has 0 amide bonds. The van der Waals surface area contributed by atoms with Gasteiger partial charge >= 0.3 is 153 Å². The Balaban J connectivity index is 4.85. The zero-order valence-corrected chi connectivity index (χ0v) is 16.3. The van der Waals surface area contributed by atoms with Crippen LogP contribution in [0.1, 0.15) is 59.3 Å². The van der Waals surface area contributed by atoms with Crippen molar-refractivity contribution in [3.05, 3.63) is 0 Å². The average molecular weight is 395 g/mol. The second kappa shape index (κ2) is 12.8. The Morgan fingerprint density at radius 2 is 0.720 bits per heavy atom. The summed E-state index contributed by atoms with van der Waals surface area (Å²) in [6, 6.07) is 0. The molecule has 0 aromatic carbocycles. The van der Waals surface area contributed by atoms with E-state index in [9.17, 15) is 28.8 Å². The Kier molecular flexibility index (Phi) is 12.1. The van der Waals surface area contributed by atoms with Crippen LogP contribution in [0.15, 0.2) is 0 Å². The third kappa shape index (κ3) is 11.7. The molecule has 0 aliphatic rings. The van der Waals surface area contributed by atoms with Crippen LogP contribution in [-0.4, -0.2) is 34.7 Å². The van der Waals surface area contributed by atoms with Crippen LogP contribution in [0.3, 0.4) is 0 Å². The maximum absolute atomic E-state index is 12.0. The van der Waals surface area contributed by atoms with Crippen LogP contribution in [0.5, 0.6) is 0 Å². The van der Waals surface area contributed by atoms with Crippen LogP contribution in [0.4, 0.5) is 0 Å². The molecule has 0 aromatic heterocycles. The molecule has 0 bridgehead atoms. The molecule has 0 radical (unpaired) electrons. The summed E-state index contributed by atoms with van der Waals surface area (Å²) in [5.74, 6) is -1.38. The summed E-state index contributed by atoms with van der Waals surface area (Å²) in [5, 5.41) is 0.0531. The summed E-state index contributed by atoms with van der Waals surface area (Å²) in [6.45, 7) is 5.00. The molecule has 0 unspecified atom stereocenters. The second-order valence-corrected chi connectivity index (χ2v) is 8.56. The molecule has 0 spiro atoms. The molecule has 0 aromatic rings. The van der Waals surface area contributed by atoms with Crippen LogP contribution < -0.4 is 0 Å². The van der Waals surface area contributed by atoms with Gasteiger partial charge < -0.3 is 0 Å². The number of hydrogen-bond acceptors (Lipinski definition) is 6. The summed E-state index contributed by atoms with van der Waals surface area (Å²) in [5.41, 5.74) is 0. The average Bonchev–Trinajstić information content (AvgIpc) is 2.53. The van der Waals surface area contributed by atoms with Crippen molar-refractivity contribution in [3.8, 4) is 0 Å². The molecule has 0 N–H and O–H groups in total. The molecular weight excluding hydrogens is 368 g/mol. The van der Waals surface area contributed by atoms with Gasteiger partial charge in [-0.05, 0) is 0 Å². The van der Waals surface area contributed by atoms with Gasteiger partial charge in [0.25, 0.3) is 0 Å². The van der Waals surface area contributed by atoms with E-state index in [-0.39, 0.29) is 89.2 Å². The molecule has 0 atom stereocenters. The minimum absolute atomic E-state index is 0.0177. The van der Waals surface area contributed by atoms with Crippen molar-refractivity contribution in [3.63, 3.8) is 0 Å². The standard InChI is InChI=1S/3C6H9O2.Fe/c3*1-3-6(8)4-5(2)7;/h3*2-4H2,1H3;. The quantitative estimate of drug-likeness (QED) is 0.312. The number of rotatable bonds is 15. The van der Waals surface area contributed by atoms with Crippen molar-refractivity contribution in [1.29, 1.82) is 0 Å². The van der Waals surface area contributed by atoms with E-state index in [0.717, 1.165) is 0 Å². The van der Waals surface area contributed by atoms with Crippen LogP contribution in [0.2, 0.25) is 16.0 Å². The molecule has 7 heteroatoms. The van der Waals surface area contributed by atoms with Gasteiger partial charge in [0.2, 0.25) is 0 Å². The summed E-state index contributed by atoms with van der Waals surface area (Å²) in [7, 11) is 0. The monoisotopic (exact) mass is 395 g/mol. The van der Waals surface area contributed by atoms with E-state index >= 15 is 0 Å². The zero-order valence-electron chi connectivity index (χ0n) is 15.2. The number of carbonyl (C=O) groups excluding carboxylic acids is 6. The predicted octanol–water partition coefficient (Wildman–Crippen LogP) is 2.67.